The molecule has 6 rings (SSSR count). The maximum Gasteiger partial charge on any atom is 0.127 e. The largest absolute Gasteiger partial charge is 0.493 e. The van der Waals surface area contributed by atoms with E-state index < -0.39 is 0 Å². The molecule has 4 aromatic carbocycles. The topological polar surface area (TPSA) is 55.2 Å². The molecule has 0 saturated heterocycles. The third-order valence-corrected chi connectivity index (χ3v) is 6.80. The van der Waals surface area contributed by atoms with Gasteiger partial charge in [0.2, 0.25) is 0 Å². The van der Waals surface area contributed by atoms with Crippen molar-refractivity contribution in [1.82, 2.24) is 9.97 Å². The van der Waals surface area contributed by atoms with E-state index in [-0.39, 0.29) is 6.61 Å². The fourth-order valence-electron chi connectivity index (χ4n) is 4.85. The third kappa shape index (κ3) is 4.67. The lowest BCUT2D eigenvalue weighted by atomic mass is 9.97. The summed E-state index contributed by atoms with van der Waals surface area (Å²) in [4.78, 5) is 8.63. The van der Waals surface area contributed by atoms with E-state index >= 15 is 0 Å². The van der Waals surface area contributed by atoms with Crippen molar-refractivity contribution in [3.63, 3.8) is 0 Å². The molecular weight excluding hydrogens is 456 g/mol. The summed E-state index contributed by atoms with van der Waals surface area (Å²) >= 11 is 0. The van der Waals surface area contributed by atoms with Gasteiger partial charge in [-0.2, -0.15) is 0 Å². The van der Waals surface area contributed by atoms with Crippen LogP contribution in [0.2, 0.25) is 0 Å². The van der Waals surface area contributed by atoms with Crippen LogP contribution in [-0.4, -0.2) is 21.7 Å². The molecule has 6 aromatic rings. The minimum atomic E-state index is -0.0289. The summed E-state index contributed by atoms with van der Waals surface area (Å²) in [6.45, 7) is 0.501. The van der Waals surface area contributed by atoms with Crippen molar-refractivity contribution in [2.24, 2.45) is 0 Å². The molecule has 2 aromatic heterocycles. The molecule has 2 heterocycles. The van der Waals surface area contributed by atoms with E-state index in [1.54, 1.807) is 6.20 Å². The van der Waals surface area contributed by atoms with Crippen LogP contribution in [-0.2, 0) is 13.0 Å². The van der Waals surface area contributed by atoms with E-state index in [0.29, 0.717) is 6.61 Å². The highest BCUT2D eigenvalue weighted by atomic mass is 16.5. The van der Waals surface area contributed by atoms with Gasteiger partial charge in [0.25, 0.3) is 0 Å². The predicted octanol–water partition coefficient (Wildman–Crippen LogP) is 7.23. The molecule has 0 spiro atoms. The fraction of sp³-hybridized carbons (Fsp3) is 0.0909. The van der Waals surface area contributed by atoms with E-state index in [1.165, 1.54) is 22.1 Å². The summed E-state index contributed by atoms with van der Waals surface area (Å²) in [5.74, 6) is 0.766. The van der Waals surface area contributed by atoms with Crippen molar-refractivity contribution in [1.29, 1.82) is 0 Å². The van der Waals surface area contributed by atoms with Crippen LogP contribution in [0.5, 0.6) is 5.75 Å². The Morgan fingerprint density at radius 2 is 1.27 bits per heavy atom. The predicted molar refractivity (Wildman–Crippen MR) is 149 cm³/mol. The Labute approximate surface area is 215 Å². The van der Waals surface area contributed by atoms with E-state index in [1.807, 2.05) is 48.9 Å². The number of pyridine rings is 2. The fourth-order valence-corrected chi connectivity index (χ4v) is 4.85. The minimum Gasteiger partial charge on any atom is -0.493 e. The number of aliphatic hydroxyl groups is 1. The Morgan fingerprint density at radius 1 is 0.622 bits per heavy atom. The van der Waals surface area contributed by atoms with Crippen LogP contribution in [0, 0.1) is 0 Å². The van der Waals surface area contributed by atoms with Crippen LogP contribution in [0.3, 0.4) is 0 Å². The van der Waals surface area contributed by atoms with Crippen molar-refractivity contribution in [3.8, 4) is 28.0 Å². The van der Waals surface area contributed by atoms with Gasteiger partial charge in [-0.15, -0.1) is 0 Å². The van der Waals surface area contributed by atoms with Crippen LogP contribution in [0.4, 0.5) is 0 Å². The SMILES string of the molecule is OCc1ccc(-c2cccc3ccncc23)c(OCCc2ccc(-c3cccc4ccncc34)cc2)c1. The summed E-state index contributed by atoms with van der Waals surface area (Å²) in [6, 6.07) is 31.2. The first-order chi connectivity index (χ1) is 18.3. The lowest BCUT2D eigenvalue weighted by Gasteiger charge is -2.15. The van der Waals surface area contributed by atoms with Crippen molar-refractivity contribution in [2.75, 3.05) is 6.61 Å². The first-order valence-electron chi connectivity index (χ1n) is 12.4. The number of rotatable bonds is 7. The van der Waals surface area contributed by atoms with Crippen molar-refractivity contribution in [2.45, 2.75) is 13.0 Å². The molecule has 0 aliphatic carbocycles. The van der Waals surface area contributed by atoms with Gasteiger partial charge in [0, 0.05) is 47.5 Å². The molecule has 0 fully saturated rings. The first kappa shape index (κ1) is 22.9. The molecule has 4 heteroatoms. The molecule has 0 amide bonds. The Morgan fingerprint density at radius 3 is 1.97 bits per heavy atom. The van der Waals surface area contributed by atoms with Gasteiger partial charge in [-0.25, -0.2) is 0 Å². The Balaban J connectivity index is 1.22. The molecule has 0 unspecified atom stereocenters. The van der Waals surface area contributed by atoms with Crippen molar-refractivity contribution < 1.29 is 9.84 Å². The average molecular weight is 483 g/mol. The van der Waals surface area contributed by atoms with Gasteiger partial charge in [0.05, 0.1) is 13.2 Å². The van der Waals surface area contributed by atoms with Gasteiger partial charge in [-0.3, -0.25) is 9.97 Å². The molecule has 0 aliphatic rings. The smallest absolute Gasteiger partial charge is 0.127 e. The van der Waals surface area contributed by atoms with Gasteiger partial charge in [0.1, 0.15) is 5.75 Å². The molecule has 0 saturated carbocycles. The van der Waals surface area contributed by atoms with Crippen molar-refractivity contribution in [3.05, 3.63) is 127 Å². The zero-order valence-corrected chi connectivity index (χ0v) is 20.3. The second-order valence-electron chi connectivity index (χ2n) is 9.09. The van der Waals surface area contributed by atoms with Gasteiger partial charge < -0.3 is 9.84 Å². The summed E-state index contributed by atoms with van der Waals surface area (Å²) in [6.07, 6.45) is 8.23. The highest BCUT2D eigenvalue weighted by molar-refractivity contribution is 5.97. The van der Waals surface area contributed by atoms with E-state index in [2.05, 4.69) is 70.6 Å². The molecule has 0 atom stereocenters. The second kappa shape index (κ2) is 10.2. The van der Waals surface area contributed by atoms with Crippen molar-refractivity contribution >= 4 is 21.5 Å². The number of aliphatic hydroxyl groups excluding tert-OH is 1. The van der Waals surface area contributed by atoms with E-state index in [0.717, 1.165) is 45.0 Å². The van der Waals surface area contributed by atoms with Gasteiger partial charge >= 0.3 is 0 Å². The molecule has 4 nitrogen and oxygen atoms in total. The molecule has 0 radical (unpaired) electrons. The lowest BCUT2D eigenvalue weighted by molar-refractivity contribution is 0.279. The first-order valence-corrected chi connectivity index (χ1v) is 12.4. The monoisotopic (exact) mass is 482 g/mol. The number of nitrogens with zero attached hydrogens (tertiary/aromatic N) is 2. The average Bonchev–Trinajstić information content (AvgIpc) is 2.97. The Kier molecular flexibility index (Phi) is 6.32. The van der Waals surface area contributed by atoms with Crippen LogP contribution in [0.15, 0.2) is 116 Å². The van der Waals surface area contributed by atoms with E-state index in [4.69, 9.17) is 4.74 Å². The molecule has 1 N–H and O–H groups in total. The van der Waals surface area contributed by atoms with Crippen LogP contribution >= 0.6 is 0 Å². The Hall–Kier alpha value is -4.54. The molecule has 0 aliphatic heterocycles. The zero-order chi connectivity index (χ0) is 25.0. The zero-order valence-electron chi connectivity index (χ0n) is 20.3. The normalized spacial score (nSPS) is 11.2. The van der Waals surface area contributed by atoms with Crippen LogP contribution in [0.1, 0.15) is 11.1 Å². The highest BCUT2D eigenvalue weighted by Gasteiger charge is 2.12. The third-order valence-electron chi connectivity index (χ3n) is 6.80. The number of aromatic nitrogens is 2. The molecule has 180 valence electrons. The minimum absolute atomic E-state index is 0.0289. The van der Waals surface area contributed by atoms with Crippen LogP contribution in [0.25, 0.3) is 43.8 Å². The molecular formula is C33H26N2O2. The summed E-state index contributed by atoms with van der Waals surface area (Å²) in [5, 5.41) is 14.3. The number of benzene rings is 4. The van der Waals surface area contributed by atoms with Gasteiger partial charge in [-0.1, -0.05) is 72.8 Å². The maximum absolute atomic E-state index is 9.72. The summed E-state index contributed by atoms with van der Waals surface area (Å²) in [5.41, 5.74) is 6.45. The van der Waals surface area contributed by atoms with Crippen LogP contribution < -0.4 is 4.74 Å². The number of ether oxygens (including phenoxy) is 1. The van der Waals surface area contributed by atoms with Gasteiger partial charge in [-0.05, 0) is 56.8 Å². The Bertz CT molecular complexity index is 1680. The maximum atomic E-state index is 9.72. The number of hydrogen-bond acceptors (Lipinski definition) is 4. The lowest BCUT2D eigenvalue weighted by Crippen LogP contribution is -2.03. The quantitative estimate of drug-likeness (QED) is 0.261. The molecule has 0 bridgehead atoms. The van der Waals surface area contributed by atoms with E-state index in [9.17, 15) is 5.11 Å². The molecule has 37 heavy (non-hydrogen) atoms. The summed E-state index contributed by atoms with van der Waals surface area (Å²) in [7, 11) is 0. The number of hydrogen-bond donors (Lipinski definition) is 1. The highest BCUT2D eigenvalue weighted by Crippen LogP contribution is 2.36. The summed E-state index contributed by atoms with van der Waals surface area (Å²) < 4.78 is 6.32. The number of fused-ring (bicyclic) bond motifs is 2. The second-order valence-corrected chi connectivity index (χ2v) is 9.09. The standard InChI is InChI=1S/C33H26N2O2/c36-22-24-9-12-30(29-6-2-4-26-14-17-35-21-32(26)29)33(19-24)37-18-15-23-7-10-27(11-8-23)28-5-1-3-25-13-16-34-20-31(25)28/h1-14,16-17,19-21,36H,15,18,22H2. The van der Waals surface area contributed by atoms with Gasteiger partial charge in [0.15, 0.2) is 0 Å².